The molecular formula is C59H102O15. The van der Waals surface area contributed by atoms with Crippen LogP contribution in [0.15, 0.2) is 60.8 Å². The topological polar surface area (TPSA) is 231 Å². The molecule has 0 spiro atoms. The van der Waals surface area contributed by atoms with Crippen LogP contribution in [-0.4, -0.2) is 142 Å². The van der Waals surface area contributed by atoms with Gasteiger partial charge in [-0.3, -0.25) is 9.59 Å². The van der Waals surface area contributed by atoms with Crippen molar-refractivity contribution in [2.75, 3.05) is 26.4 Å². The Morgan fingerprint density at radius 2 is 0.838 bits per heavy atom. The molecular weight excluding hydrogens is 949 g/mol. The number of ether oxygens (including phenoxy) is 6. The smallest absolute Gasteiger partial charge is 0.306 e. The maximum Gasteiger partial charge on any atom is 0.306 e. The van der Waals surface area contributed by atoms with Crippen LogP contribution in [0.4, 0.5) is 0 Å². The molecule has 11 atom stereocenters. The summed E-state index contributed by atoms with van der Waals surface area (Å²) in [5.41, 5.74) is 0. The molecule has 0 aromatic rings. The van der Waals surface area contributed by atoms with E-state index in [0.717, 1.165) is 64.2 Å². The van der Waals surface area contributed by atoms with Gasteiger partial charge in [-0.1, -0.05) is 177 Å². The van der Waals surface area contributed by atoms with Crippen LogP contribution in [-0.2, 0) is 38.0 Å². The normalized spacial score (nSPS) is 25.1. The van der Waals surface area contributed by atoms with Gasteiger partial charge in [0.05, 0.1) is 19.8 Å². The number of carbonyl (C=O) groups excluding carboxylic acids is 2. The van der Waals surface area contributed by atoms with Crippen LogP contribution in [0.25, 0.3) is 0 Å². The first-order valence-corrected chi connectivity index (χ1v) is 28.9. The molecule has 15 heteroatoms. The van der Waals surface area contributed by atoms with Crippen LogP contribution in [0.1, 0.15) is 206 Å². The van der Waals surface area contributed by atoms with Crippen LogP contribution in [0.5, 0.6) is 0 Å². The summed E-state index contributed by atoms with van der Waals surface area (Å²) in [5.74, 6) is -0.960. The van der Waals surface area contributed by atoms with Crippen LogP contribution in [0, 0.1) is 0 Å². The fourth-order valence-electron chi connectivity index (χ4n) is 8.73. The molecule has 7 N–H and O–H groups in total. The van der Waals surface area contributed by atoms with Crippen molar-refractivity contribution in [1.29, 1.82) is 0 Å². The second-order valence-corrected chi connectivity index (χ2v) is 20.1. The predicted octanol–water partition coefficient (Wildman–Crippen LogP) is 9.61. The monoisotopic (exact) mass is 1050 g/mol. The summed E-state index contributed by atoms with van der Waals surface area (Å²) in [4.78, 5) is 25.9. The van der Waals surface area contributed by atoms with Crippen LogP contribution in [0.3, 0.4) is 0 Å². The van der Waals surface area contributed by atoms with E-state index in [0.29, 0.717) is 12.8 Å². The molecule has 2 fully saturated rings. The molecule has 2 aliphatic heterocycles. The average molecular weight is 1050 g/mol. The number of aliphatic hydroxyl groups excluding tert-OH is 7. The summed E-state index contributed by atoms with van der Waals surface area (Å²) < 4.78 is 33.6. The zero-order valence-electron chi connectivity index (χ0n) is 45.6. The Morgan fingerprint density at radius 3 is 1.35 bits per heavy atom. The molecule has 15 nitrogen and oxygen atoms in total. The average Bonchev–Trinajstić information content (AvgIpc) is 3.39. The number of hydrogen-bond acceptors (Lipinski definition) is 15. The van der Waals surface area contributed by atoms with Crippen molar-refractivity contribution < 1.29 is 73.8 Å². The molecule has 0 aromatic carbocycles. The van der Waals surface area contributed by atoms with Crippen molar-refractivity contribution >= 4 is 11.9 Å². The largest absolute Gasteiger partial charge is 0.462 e. The Kier molecular flexibility index (Phi) is 41.2. The number of carbonyl (C=O) groups is 2. The van der Waals surface area contributed by atoms with Crippen LogP contribution >= 0.6 is 0 Å². The summed E-state index contributed by atoms with van der Waals surface area (Å²) in [7, 11) is 0. The van der Waals surface area contributed by atoms with Crippen molar-refractivity contribution in [1.82, 2.24) is 0 Å². The maximum atomic E-state index is 13.0. The summed E-state index contributed by atoms with van der Waals surface area (Å²) in [6, 6.07) is 0. The molecule has 2 heterocycles. The van der Waals surface area contributed by atoms with Crippen LogP contribution < -0.4 is 0 Å². The molecule has 0 aliphatic carbocycles. The first-order valence-electron chi connectivity index (χ1n) is 28.9. The Hall–Kier alpha value is -2.80. The molecule has 2 aliphatic rings. The number of allylic oxidation sites excluding steroid dienone is 10. The molecule has 0 aromatic heterocycles. The number of hydrogen-bond donors (Lipinski definition) is 7. The predicted molar refractivity (Wildman–Crippen MR) is 289 cm³/mol. The highest BCUT2D eigenvalue weighted by Crippen LogP contribution is 2.27. The molecule has 0 saturated carbocycles. The lowest BCUT2D eigenvalue weighted by Gasteiger charge is -2.42. The highest BCUT2D eigenvalue weighted by molar-refractivity contribution is 5.70. The van der Waals surface area contributed by atoms with Crippen molar-refractivity contribution in [2.24, 2.45) is 0 Å². The second kappa shape index (κ2) is 45.2. The minimum absolute atomic E-state index is 0.126. The molecule has 0 bridgehead atoms. The molecule has 428 valence electrons. The number of unbranched alkanes of at least 4 members (excludes halogenated alkanes) is 21. The van der Waals surface area contributed by atoms with E-state index >= 15 is 0 Å². The summed E-state index contributed by atoms with van der Waals surface area (Å²) in [6.07, 6.45) is 36.7. The summed E-state index contributed by atoms with van der Waals surface area (Å²) in [6.45, 7) is 2.50. The van der Waals surface area contributed by atoms with Gasteiger partial charge in [-0.05, 0) is 77.0 Å². The molecule has 74 heavy (non-hydrogen) atoms. The SMILES string of the molecule is CCC/C=C/C/C=C/C/C=C/C/C=C/CCCCCC(=O)O[C@@H](COC(=O)CCCCCCCCCCCCC/C=C/CCCCCCCC)CO[C@@H]1O[C@H](CO[C@@H]2O[C@H](CO)[C@H](O)C(O)C2O)[C@H](O)C(O)C1O. The fraction of sp³-hybridized carbons (Fsp3) is 0.797. The third-order valence-electron chi connectivity index (χ3n) is 13.4. The Balaban J connectivity index is 1.76. The van der Waals surface area contributed by atoms with E-state index < -0.39 is 99.3 Å². The van der Waals surface area contributed by atoms with Gasteiger partial charge in [-0.15, -0.1) is 0 Å². The maximum absolute atomic E-state index is 13.0. The van der Waals surface area contributed by atoms with Gasteiger partial charge < -0.3 is 64.2 Å². The fourth-order valence-corrected chi connectivity index (χ4v) is 8.73. The molecule has 2 saturated heterocycles. The molecule has 0 radical (unpaired) electrons. The third-order valence-corrected chi connectivity index (χ3v) is 13.4. The van der Waals surface area contributed by atoms with Gasteiger partial charge in [0.2, 0.25) is 0 Å². The number of aliphatic hydroxyl groups is 7. The Labute approximate surface area is 445 Å². The van der Waals surface area contributed by atoms with Gasteiger partial charge in [0, 0.05) is 12.8 Å². The van der Waals surface area contributed by atoms with Crippen LogP contribution in [0.2, 0.25) is 0 Å². The van der Waals surface area contributed by atoms with Gasteiger partial charge in [-0.2, -0.15) is 0 Å². The molecule has 0 amide bonds. The molecule has 2 rings (SSSR count). The van der Waals surface area contributed by atoms with E-state index in [2.05, 4.69) is 74.6 Å². The van der Waals surface area contributed by atoms with Gasteiger partial charge in [0.25, 0.3) is 0 Å². The molecule has 4 unspecified atom stereocenters. The number of rotatable bonds is 45. The standard InChI is InChI=1S/C59H102O15/c1-3-5-7-9-11-13-15-17-19-21-22-23-24-26-27-29-31-33-35-37-39-41-50(61)69-44-47(72-51(62)42-40-38-36-34-32-30-28-25-20-18-16-14-12-10-8-6-4-2)45-70-58-57(68)55(66)53(64)49(74-58)46-71-59-56(67)54(65)52(63)48(43-60)73-59/h8,10,14,16-17,19-20,25,30,32,47-49,52-60,63-68H,3-7,9,11-13,15,18,21-24,26-29,31,33-46H2,1-2H3/b10-8+,16-14+,19-17+,25-20+,32-30+/t47-,48+,49+,52-,53-,54?,55?,56?,57?,58+,59+/m0/s1. The quantitative estimate of drug-likeness (QED) is 0.0171. The summed E-state index contributed by atoms with van der Waals surface area (Å²) in [5, 5.41) is 72.3. The van der Waals surface area contributed by atoms with E-state index in [4.69, 9.17) is 28.4 Å². The Morgan fingerprint density at radius 1 is 0.432 bits per heavy atom. The van der Waals surface area contributed by atoms with Crippen molar-refractivity contribution in [3.8, 4) is 0 Å². The lowest BCUT2D eigenvalue weighted by Crippen LogP contribution is -2.61. The number of esters is 2. The zero-order chi connectivity index (χ0) is 53.9. The second-order valence-electron chi connectivity index (χ2n) is 20.1. The van der Waals surface area contributed by atoms with Crippen molar-refractivity contribution in [2.45, 2.75) is 274 Å². The van der Waals surface area contributed by atoms with Gasteiger partial charge in [-0.25, -0.2) is 0 Å². The third kappa shape index (κ3) is 32.1. The minimum atomic E-state index is -1.77. The van der Waals surface area contributed by atoms with Gasteiger partial charge in [0.15, 0.2) is 18.7 Å². The lowest BCUT2D eigenvalue weighted by atomic mass is 9.98. The first-order chi connectivity index (χ1) is 36.0. The van der Waals surface area contributed by atoms with Crippen molar-refractivity contribution in [3.05, 3.63) is 60.8 Å². The van der Waals surface area contributed by atoms with E-state index in [1.165, 1.54) is 103 Å². The minimum Gasteiger partial charge on any atom is -0.462 e. The van der Waals surface area contributed by atoms with E-state index in [9.17, 15) is 45.3 Å². The van der Waals surface area contributed by atoms with E-state index in [1.54, 1.807) is 0 Å². The first kappa shape index (κ1) is 67.3. The highest BCUT2D eigenvalue weighted by atomic mass is 16.7. The van der Waals surface area contributed by atoms with Crippen molar-refractivity contribution in [3.63, 3.8) is 0 Å². The highest BCUT2D eigenvalue weighted by Gasteiger charge is 2.47. The van der Waals surface area contributed by atoms with E-state index in [1.807, 2.05) is 0 Å². The Bertz CT molecular complexity index is 1520. The van der Waals surface area contributed by atoms with E-state index in [-0.39, 0.29) is 19.4 Å². The van der Waals surface area contributed by atoms with Gasteiger partial charge in [0.1, 0.15) is 55.4 Å². The summed E-state index contributed by atoms with van der Waals surface area (Å²) >= 11 is 0. The lowest BCUT2D eigenvalue weighted by molar-refractivity contribution is -0.332. The zero-order valence-corrected chi connectivity index (χ0v) is 45.6. The van der Waals surface area contributed by atoms with Gasteiger partial charge >= 0.3 is 11.9 Å².